The van der Waals surface area contributed by atoms with Gasteiger partial charge in [-0.2, -0.15) is 4.31 Å². The Morgan fingerprint density at radius 3 is 2.26 bits per heavy atom. The van der Waals surface area contributed by atoms with Crippen LogP contribution in [0, 0.1) is 0 Å². The Kier molecular flexibility index (Phi) is 7.20. The number of phenols is 1. The molecule has 1 aliphatic heterocycles. The fourth-order valence-corrected chi connectivity index (χ4v) is 5.33. The number of aromatic nitrogens is 2. The minimum absolute atomic E-state index is 0.0342. The van der Waals surface area contributed by atoms with Gasteiger partial charge in [0.2, 0.25) is 10.0 Å². The Labute approximate surface area is 207 Å². The summed E-state index contributed by atoms with van der Waals surface area (Å²) in [6.07, 6.45) is 6.91. The summed E-state index contributed by atoms with van der Waals surface area (Å²) in [5.74, 6) is 0.758. The van der Waals surface area contributed by atoms with Crippen LogP contribution in [0.25, 0.3) is 12.2 Å². The van der Waals surface area contributed by atoms with Crippen molar-refractivity contribution in [1.29, 1.82) is 0 Å². The number of hydrogen-bond donors (Lipinski definition) is 2. The van der Waals surface area contributed by atoms with Gasteiger partial charge in [0.25, 0.3) is 0 Å². The van der Waals surface area contributed by atoms with Gasteiger partial charge in [0.15, 0.2) is 0 Å². The normalized spacial score (nSPS) is 16.0. The quantitative estimate of drug-likeness (QED) is 0.531. The van der Waals surface area contributed by atoms with E-state index in [0.29, 0.717) is 24.6 Å². The summed E-state index contributed by atoms with van der Waals surface area (Å²) in [5, 5.41) is 12.7. The zero-order chi connectivity index (χ0) is 25.1. The van der Waals surface area contributed by atoms with Crippen LogP contribution in [0.5, 0.6) is 5.75 Å². The van der Waals surface area contributed by atoms with Gasteiger partial charge in [-0.3, -0.25) is 9.88 Å². The Morgan fingerprint density at radius 2 is 1.66 bits per heavy atom. The molecule has 2 aromatic carbocycles. The van der Waals surface area contributed by atoms with Crippen molar-refractivity contribution in [1.82, 2.24) is 19.2 Å². The van der Waals surface area contributed by atoms with Gasteiger partial charge in [-0.1, -0.05) is 18.2 Å². The van der Waals surface area contributed by atoms with E-state index in [1.54, 1.807) is 59.2 Å². The van der Waals surface area contributed by atoms with Crippen molar-refractivity contribution in [2.75, 3.05) is 31.5 Å². The molecule has 4 rings (SSSR count). The Bertz CT molecular complexity index is 1280. The highest BCUT2D eigenvalue weighted by molar-refractivity contribution is 7.89. The van der Waals surface area contributed by atoms with Gasteiger partial charge in [0.1, 0.15) is 11.6 Å². The fourth-order valence-electron chi connectivity index (χ4n) is 3.91. The molecule has 1 aromatic heterocycles. The Balaban J connectivity index is 1.37. The number of sulfonamides is 1. The lowest BCUT2D eigenvalue weighted by Crippen LogP contribution is -2.54. The smallest absolute Gasteiger partial charge is 0.243 e. The molecule has 35 heavy (non-hydrogen) atoms. The fraction of sp³-hybridized carbons (Fsp3) is 0.308. The zero-order valence-electron chi connectivity index (χ0n) is 20.2. The molecule has 184 valence electrons. The standard InChI is InChI=1S/C26H31N5O3S/c1-26(2,3)30-13-15-31(16-14-30)35(33,34)24-11-9-21(10-12-24)29-25-19-27-22(18-28-25)8-7-20-5-4-6-23(32)17-20/h4-12,17-19,32H,13-16H2,1-3H3,(H,28,29)/b8-7+. The van der Waals surface area contributed by atoms with Crippen molar-refractivity contribution in [3.63, 3.8) is 0 Å². The van der Waals surface area contributed by atoms with Crippen LogP contribution >= 0.6 is 0 Å². The van der Waals surface area contributed by atoms with E-state index in [0.717, 1.165) is 24.3 Å². The van der Waals surface area contributed by atoms with Crippen molar-refractivity contribution in [3.05, 3.63) is 72.2 Å². The minimum atomic E-state index is -3.53. The molecule has 1 saturated heterocycles. The lowest BCUT2D eigenvalue weighted by Gasteiger charge is -2.41. The van der Waals surface area contributed by atoms with Gasteiger partial charge < -0.3 is 10.4 Å². The lowest BCUT2D eigenvalue weighted by atomic mass is 10.1. The lowest BCUT2D eigenvalue weighted by molar-refractivity contribution is 0.0922. The highest BCUT2D eigenvalue weighted by Gasteiger charge is 2.32. The topological polar surface area (TPSA) is 98.7 Å². The second-order valence-corrected chi connectivity index (χ2v) is 11.4. The van der Waals surface area contributed by atoms with Gasteiger partial charge >= 0.3 is 0 Å². The van der Waals surface area contributed by atoms with Crippen molar-refractivity contribution < 1.29 is 13.5 Å². The molecule has 8 nitrogen and oxygen atoms in total. The van der Waals surface area contributed by atoms with E-state index in [-0.39, 0.29) is 16.2 Å². The van der Waals surface area contributed by atoms with E-state index in [4.69, 9.17) is 0 Å². The largest absolute Gasteiger partial charge is 0.508 e. The van der Waals surface area contributed by atoms with Crippen LogP contribution in [0.4, 0.5) is 11.5 Å². The number of phenolic OH excluding ortho intramolecular Hbond substituents is 1. The summed E-state index contributed by atoms with van der Waals surface area (Å²) in [6.45, 7) is 8.86. The maximum absolute atomic E-state index is 13.1. The number of anilines is 2. The van der Waals surface area contributed by atoms with Crippen molar-refractivity contribution >= 4 is 33.7 Å². The molecule has 2 heterocycles. The average molecular weight is 494 g/mol. The number of aromatic hydroxyl groups is 1. The van der Waals surface area contributed by atoms with E-state index in [2.05, 4.69) is 41.0 Å². The summed E-state index contributed by atoms with van der Waals surface area (Å²) in [7, 11) is -3.53. The number of benzene rings is 2. The van der Waals surface area contributed by atoms with Crippen LogP contribution in [0.1, 0.15) is 32.0 Å². The molecule has 0 unspecified atom stereocenters. The van der Waals surface area contributed by atoms with Gasteiger partial charge in [-0.25, -0.2) is 13.4 Å². The minimum Gasteiger partial charge on any atom is -0.508 e. The first-order chi connectivity index (χ1) is 16.6. The molecule has 0 saturated carbocycles. The Hall–Kier alpha value is -3.27. The molecular weight excluding hydrogens is 462 g/mol. The predicted molar refractivity (Wildman–Crippen MR) is 139 cm³/mol. The summed E-state index contributed by atoms with van der Waals surface area (Å²) >= 11 is 0. The maximum Gasteiger partial charge on any atom is 0.243 e. The monoisotopic (exact) mass is 493 g/mol. The van der Waals surface area contributed by atoms with Gasteiger partial charge in [-0.05, 0) is 68.8 Å². The van der Waals surface area contributed by atoms with E-state index in [9.17, 15) is 13.5 Å². The van der Waals surface area contributed by atoms with Crippen LogP contribution in [0.2, 0.25) is 0 Å². The second kappa shape index (κ2) is 10.2. The molecule has 1 fully saturated rings. The maximum atomic E-state index is 13.1. The number of nitrogens with zero attached hydrogens (tertiary/aromatic N) is 4. The summed E-state index contributed by atoms with van der Waals surface area (Å²) in [6, 6.07) is 13.6. The third-order valence-electron chi connectivity index (χ3n) is 5.94. The molecule has 9 heteroatoms. The van der Waals surface area contributed by atoms with Crippen molar-refractivity contribution in [2.45, 2.75) is 31.2 Å². The number of rotatable bonds is 6. The first-order valence-corrected chi connectivity index (χ1v) is 13.0. The molecule has 2 N–H and O–H groups in total. The number of nitrogens with one attached hydrogen (secondary N) is 1. The van der Waals surface area contributed by atoms with Crippen molar-refractivity contribution in [3.8, 4) is 5.75 Å². The predicted octanol–water partition coefficient (Wildman–Crippen LogP) is 4.20. The summed E-state index contributed by atoms with van der Waals surface area (Å²) in [5.41, 5.74) is 2.29. The summed E-state index contributed by atoms with van der Waals surface area (Å²) < 4.78 is 27.7. The molecule has 0 amide bonds. The second-order valence-electron chi connectivity index (χ2n) is 9.47. The van der Waals surface area contributed by atoms with Gasteiger partial charge in [0, 0.05) is 37.4 Å². The average Bonchev–Trinajstić information content (AvgIpc) is 2.84. The van der Waals surface area contributed by atoms with Crippen LogP contribution in [0.3, 0.4) is 0 Å². The van der Waals surface area contributed by atoms with Crippen LogP contribution < -0.4 is 5.32 Å². The van der Waals surface area contributed by atoms with E-state index in [1.165, 1.54) is 0 Å². The van der Waals surface area contributed by atoms with Crippen LogP contribution in [-0.4, -0.2) is 64.4 Å². The van der Waals surface area contributed by atoms with Gasteiger partial charge in [-0.15, -0.1) is 0 Å². The Morgan fingerprint density at radius 1 is 0.943 bits per heavy atom. The number of piperazine rings is 1. The molecule has 0 spiro atoms. The highest BCUT2D eigenvalue weighted by atomic mass is 32.2. The molecule has 0 bridgehead atoms. The molecule has 0 radical (unpaired) electrons. The van der Waals surface area contributed by atoms with Crippen LogP contribution in [0.15, 0.2) is 65.8 Å². The highest BCUT2D eigenvalue weighted by Crippen LogP contribution is 2.23. The van der Waals surface area contributed by atoms with E-state index in [1.807, 2.05) is 18.2 Å². The molecule has 3 aromatic rings. The molecule has 1 aliphatic rings. The number of hydrogen-bond acceptors (Lipinski definition) is 7. The SMILES string of the molecule is CC(C)(C)N1CCN(S(=O)(=O)c2ccc(Nc3cnc(/C=C/c4cccc(O)c4)cn3)cc2)CC1. The van der Waals surface area contributed by atoms with E-state index >= 15 is 0 Å². The molecule has 0 aliphatic carbocycles. The van der Waals surface area contributed by atoms with E-state index < -0.39 is 10.0 Å². The van der Waals surface area contributed by atoms with Gasteiger partial charge in [0.05, 0.1) is 23.0 Å². The first-order valence-electron chi connectivity index (χ1n) is 11.5. The zero-order valence-corrected chi connectivity index (χ0v) is 21.0. The first kappa shape index (κ1) is 24.8. The van der Waals surface area contributed by atoms with Crippen LogP contribution in [-0.2, 0) is 10.0 Å². The summed E-state index contributed by atoms with van der Waals surface area (Å²) in [4.78, 5) is 11.3. The molecule has 0 atom stereocenters. The van der Waals surface area contributed by atoms with Crippen molar-refractivity contribution in [2.24, 2.45) is 0 Å². The third kappa shape index (κ3) is 6.25. The molecular formula is C26H31N5O3S. The third-order valence-corrected chi connectivity index (χ3v) is 7.85.